The maximum atomic E-state index is 12.7. The second-order valence-corrected chi connectivity index (χ2v) is 7.97. The van der Waals surface area contributed by atoms with Crippen LogP contribution in [0.5, 0.6) is 0 Å². The molecular formula is C22H20N2O4S. The van der Waals surface area contributed by atoms with Crippen LogP contribution in [0, 0.1) is 0 Å². The Labute approximate surface area is 171 Å². The Morgan fingerprint density at radius 3 is 2.62 bits per heavy atom. The Hall–Kier alpha value is -2.87. The van der Waals surface area contributed by atoms with Gasteiger partial charge in [0.25, 0.3) is 11.8 Å². The number of carbonyl (C=O) groups excluding carboxylic acids is 2. The standard InChI is InChI=1S/C22H20N2O4S/c1-24-10-17(16-7-2-3-8-18(16)24)20-19(21(27)23-22(20)28)13-5-4-6-15(9-13)29-12-14(26)11-25/h2-10,14,25-26H,11-12H2,1H3,(H,23,27,28)/t14-/m1/s1. The van der Waals surface area contributed by atoms with Crippen LogP contribution in [0.1, 0.15) is 11.1 Å². The largest absolute Gasteiger partial charge is 0.394 e. The van der Waals surface area contributed by atoms with Gasteiger partial charge in [-0.1, -0.05) is 30.3 Å². The number of nitrogens with zero attached hydrogens (tertiary/aromatic N) is 1. The van der Waals surface area contributed by atoms with E-state index in [4.69, 9.17) is 5.11 Å². The van der Waals surface area contributed by atoms with Crippen molar-refractivity contribution in [1.29, 1.82) is 0 Å². The van der Waals surface area contributed by atoms with Crippen molar-refractivity contribution in [2.24, 2.45) is 7.05 Å². The van der Waals surface area contributed by atoms with Crippen LogP contribution in [-0.4, -0.2) is 45.1 Å². The lowest BCUT2D eigenvalue weighted by atomic mass is 9.96. The number of benzene rings is 2. The van der Waals surface area contributed by atoms with Crippen molar-refractivity contribution in [3.63, 3.8) is 0 Å². The van der Waals surface area contributed by atoms with Gasteiger partial charge in [-0.05, 0) is 23.8 Å². The Kier molecular flexibility index (Phi) is 5.27. The number of hydrogen-bond donors (Lipinski definition) is 3. The number of thioether (sulfide) groups is 1. The molecule has 0 aliphatic carbocycles. The molecule has 0 saturated carbocycles. The van der Waals surface area contributed by atoms with E-state index in [2.05, 4.69) is 5.32 Å². The normalized spacial score (nSPS) is 15.3. The zero-order valence-electron chi connectivity index (χ0n) is 15.8. The van der Waals surface area contributed by atoms with E-state index >= 15 is 0 Å². The zero-order valence-corrected chi connectivity index (χ0v) is 16.6. The number of hydrogen-bond acceptors (Lipinski definition) is 5. The lowest BCUT2D eigenvalue weighted by Gasteiger charge is -2.09. The molecule has 148 valence electrons. The number of para-hydroxylation sites is 1. The molecule has 0 bridgehead atoms. The summed E-state index contributed by atoms with van der Waals surface area (Å²) in [7, 11) is 1.91. The number of aliphatic hydroxyl groups is 2. The summed E-state index contributed by atoms with van der Waals surface area (Å²) >= 11 is 1.38. The van der Waals surface area contributed by atoms with Crippen LogP contribution in [0.4, 0.5) is 0 Å². The van der Waals surface area contributed by atoms with Gasteiger partial charge in [-0.15, -0.1) is 11.8 Å². The fourth-order valence-electron chi connectivity index (χ4n) is 3.52. The molecule has 0 fully saturated rings. The van der Waals surface area contributed by atoms with Crippen LogP contribution in [0.2, 0.25) is 0 Å². The Bertz CT molecular complexity index is 1150. The molecule has 1 atom stereocenters. The summed E-state index contributed by atoms with van der Waals surface area (Å²) in [6.07, 6.45) is 1.06. The summed E-state index contributed by atoms with van der Waals surface area (Å²) in [6, 6.07) is 15.1. The van der Waals surface area contributed by atoms with Crippen LogP contribution >= 0.6 is 11.8 Å². The monoisotopic (exact) mass is 408 g/mol. The van der Waals surface area contributed by atoms with E-state index in [0.29, 0.717) is 22.5 Å². The van der Waals surface area contributed by atoms with Gasteiger partial charge in [0.2, 0.25) is 0 Å². The summed E-state index contributed by atoms with van der Waals surface area (Å²) in [5.74, 6) is -0.495. The lowest BCUT2D eigenvalue weighted by Crippen LogP contribution is -2.22. The van der Waals surface area contributed by atoms with Crippen molar-refractivity contribution in [2.45, 2.75) is 11.0 Å². The number of nitrogens with one attached hydrogen (secondary N) is 1. The van der Waals surface area contributed by atoms with E-state index in [1.165, 1.54) is 11.8 Å². The smallest absolute Gasteiger partial charge is 0.259 e. The highest BCUT2D eigenvalue weighted by Gasteiger charge is 2.33. The molecule has 2 amide bonds. The minimum atomic E-state index is -0.814. The molecule has 4 rings (SSSR count). The molecule has 3 N–H and O–H groups in total. The topological polar surface area (TPSA) is 91.6 Å². The average Bonchev–Trinajstić information content (AvgIpc) is 3.21. The first-order valence-electron chi connectivity index (χ1n) is 9.16. The molecule has 0 saturated heterocycles. The summed E-state index contributed by atoms with van der Waals surface area (Å²) in [4.78, 5) is 26.2. The third kappa shape index (κ3) is 3.60. The van der Waals surface area contributed by atoms with Gasteiger partial charge in [0, 0.05) is 40.4 Å². The summed E-state index contributed by atoms with van der Waals surface area (Å²) in [6.45, 7) is -0.306. The van der Waals surface area contributed by atoms with E-state index in [1.807, 2.05) is 60.3 Å². The van der Waals surface area contributed by atoms with E-state index in [-0.39, 0.29) is 6.61 Å². The van der Waals surface area contributed by atoms with Crippen LogP contribution in [0.25, 0.3) is 22.0 Å². The van der Waals surface area contributed by atoms with Crippen molar-refractivity contribution < 1.29 is 19.8 Å². The second-order valence-electron chi connectivity index (χ2n) is 6.88. The van der Waals surface area contributed by atoms with E-state index in [9.17, 15) is 14.7 Å². The second kappa shape index (κ2) is 7.87. The van der Waals surface area contributed by atoms with Gasteiger partial charge >= 0.3 is 0 Å². The molecule has 0 spiro atoms. The molecule has 2 heterocycles. The highest BCUT2D eigenvalue weighted by atomic mass is 32.2. The molecule has 2 aromatic carbocycles. The van der Waals surface area contributed by atoms with Crippen molar-refractivity contribution >= 4 is 45.6 Å². The van der Waals surface area contributed by atoms with Crippen LogP contribution in [0.3, 0.4) is 0 Å². The molecule has 0 radical (unpaired) electrons. The number of fused-ring (bicyclic) bond motifs is 1. The summed E-state index contributed by atoms with van der Waals surface area (Å²) in [5.41, 5.74) is 3.04. The van der Waals surface area contributed by atoms with Gasteiger partial charge in [0.05, 0.1) is 23.9 Å². The highest BCUT2D eigenvalue weighted by Crippen LogP contribution is 2.36. The fourth-order valence-corrected chi connectivity index (χ4v) is 4.39. The van der Waals surface area contributed by atoms with Crippen LogP contribution in [0.15, 0.2) is 59.6 Å². The van der Waals surface area contributed by atoms with Gasteiger partial charge < -0.3 is 14.8 Å². The number of aryl methyl sites for hydroxylation is 1. The van der Waals surface area contributed by atoms with E-state index in [1.54, 1.807) is 6.07 Å². The quantitative estimate of drug-likeness (QED) is 0.430. The molecule has 3 aromatic rings. The Morgan fingerprint density at radius 2 is 1.83 bits per heavy atom. The molecular weight excluding hydrogens is 388 g/mol. The number of amides is 2. The van der Waals surface area contributed by atoms with Crippen molar-refractivity contribution in [2.75, 3.05) is 12.4 Å². The number of carbonyl (C=O) groups is 2. The minimum Gasteiger partial charge on any atom is -0.394 e. The van der Waals surface area contributed by atoms with Crippen LogP contribution < -0.4 is 5.32 Å². The molecule has 29 heavy (non-hydrogen) atoms. The molecule has 0 unspecified atom stereocenters. The molecule has 1 aliphatic rings. The first kappa shape index (κ1) is 19.4. The third-order valence-corrected chi connectivity index (χ3v) is 6.01. The molecule has 7 heteroatoms. The third-order valence-electron chi connectivity index (χ3n) is 4.87. The molecule has 1 aromatic heterocycles. The summed E-state index contributed by atoms with van der Waals surface area (Å²) in [5, 5.41) is 21.9. The summed E-state index contributed by atoms with van der Waals surface area (Å²) < 4.78 is 1.94. The maximum Gasteiger partial charge on any atom is 0.259 e. The number of imide groups is 1. The number of aromatic nitrogens is 1. The predicted molar refractivity (Wildman–Crippen MR) is 113 cm³/mol. The van der Waals surface area contributed by atoms with Gasteiger partial charge in [-0.25, -0.2) is 0 Å². The maximum absolute atomic E-state index is 12.7. The predicted octanol–water partition coefficient (Wildman–Crippen LogP) is 2.19. The van der Waals surface area contributed by atoms with Crippen molar-refractivity contribution in [1.82, 2.24) is 9.88 Å². The molecule has 1 aliphatic heterocycles. The van der Waals surface area contributed by atoms with Crippen molar-refractivity contribution in [3.05, 3.63) is 65.9 Å². The number of aliphatic hydroxyl groups excluding tert-OH is 2. The highest BCUT2D eigenvalue weighted by molar-refractivity contribution is 7.99. The lowest BCUT2D eigenvalue weighted by molar-refractivity contribution is -0.122. The SMILES string of the molecule is Cn1cc(C2=C(c3cccc(SC[C@H](O)CO)c3)C(=O)NC2=O)c2ccccc21. The molecule has 6 nitrogen and oxygen atoms in total. The Balaban J connectivity index is 1.83. The Morgan fingerprint density at radius 1 is 1.07 bits per heavy atom. The average molecular weight is 408 g/mol. The van der Waals surface area contributed by atoms with Crippen molar-refractivity contribution in [3.8, 4) is 0 Å². The zero-order chi connectivity index (χ0) is 20.5. The first-order valence-corrected chi connectivity index (χ1v) is 10.1. The van der Waals surface area contributed by atoms with E-state index < -0.39 is 17.9 Å². The van der Waals surface area contributed by atoms with Gasteiger partial charge in [0.1, 0.15) is 0 Å². The van der Waals surface area contributed by atoms with E-state index in [0.717, 1.165) is 21.4 Å². The minimum absolute atomic E-state index is 0.306. The fraction of sp³-hybridized carbons (Fsp3) is 0.182. The number of rotatable bonds is 6. The van der Waals surface area contributed by atoms with Gasteiger partial charge in [-0.3, -0.25) is 14.9 Å². The van der Waals surface area contributed by atoms with Gasteiger partial charge in [0.15, 0.2) is 0 Å². The first-order chi connectivity index (χ1) is 14.0. The van der Waals surface area contributed by atoms with Gasteiger partial charge in [-0.2, -0.15) is 0 Å². The van der Waals surface area contributed by atoms with Crippen LogP contribution in [-0.2, 0) is 16.6 Å².